The van der Waals surface area contributed by atoms with Gasteiger partial charge < -0.3 is 27.4 Å². The Morgan fingerprint density at radius 3 is 1.00 bits per heavy atom. The van der Waals surface area contributed by atoms with E-state index in [2.05, 4.69) is 13.8 Å². The van der Waals surface area contributed by atoms with Crippen molar-refractivity contribution in [1.29, 1.82) is 0 Å². The Kier molecular flexibility index (Phi) is 49.7. The van der Waals surface area contributed by atoms with Crippen LogP contribution >= 0.6 is 0 Å². The number of carboxylic acid groups (broad SMARTS) is 2. The predicted molar refractivity (Wildman–Crippen MR) is 246 cm³/mol. The van der Waals surface area contributed by atoms with E-state index in [-0.39, 0.29) is 55.2 Å². The zero-order valence-electron chi connectivity index (χ0n) is 37.6. The van der Waals surface area contributed by atoms with Crippen LogP contribution < -0.4 is 17.2 Å². The van der Waals surface area contributed by atoms with Gasteiger partial charge >= 0.3 is 41.5 Å². The van der Waals surface area contributed by atoms with Crippen LogP contribution in [0.2, 0.25) is 0 Å². The first-order valence-corrected chi connectivity index (χ1v) is 24.1. The quantitative estimate of drug-likeness (QED) is 0.0292. The first-order valence-electron chi connectivity index (χ1n) is 24.1. The number of hydrogen-bond donors (Lipinski definition) is 5. The minimum absolute atomic E-state index is 0. The molecule has 0 aromatic rings. The third kappa shape index (κ3) is 42.9. The van der Waals surface area contributed by atoms with Crippen LogP contribution in [0.3, 0.4) is 0 Å². The van der Waals surface area contributed by atoms with Crippen molar-refractivity contribution in [3.05, 3.63) is 0 Å². The molecule has 12 heteroatoms. The van der Waals surface area contributed by atoms with Gasteiger partial charge in [0.05, 0.1) is 0 Å². The number of nitrogens with two attached hydrogens (primary N) is 3. The van der Waals surface area contributed by atoms with Gasteiger partial charge in [-0.1, -0.05) is 200 Å². The van der Waals surface area contributed by atoms with E-state index in [0.717, 1.165) is 56.3 Å². The number of imide groups is 1. The zero-order valence-corrected chi connectivity index (χ0v) is 37.6. The van der Waals surface area contributed by atoms with E-state index >= 15 is 0 Å². The normalized spacial score (nSPS) is 11.9. The first-order chi connectivity index (χ1) is 28.0. The maximum atomic E-state index is 13.2. The van der Waals surface area contributed by atoms with Crippen molar-refractivity contribution < 1.29 is 34.2 Å². The van der Waals surface area contributed by atoms with Crippen molar-refractivity contribution in [2.24, 2.45) is 17.2 Å². The summed E-state index contributed by atoms with van der Waals surface area (Å²) in [6, 6.07) is -2.06. The second-order valence-corrected chi connectivity index (χ2v) is 16.6. The molecule has 3 amide bonds. The number of rotatable bonds is 42. The Morgan fingerprint density at radius 1 is 0.441 bits per heavy atom. The third-order valence-electron chi connectivity index (χ3n) is 11.1. The second-order valence-electron chi connectivity index (χ2n) is 16.6. The molecule has 0 aromatic carbocycles. The molecule has 0 heterocycles. The SMILES string of the molecule is CCCCCCCCCCCCCCCCCC(=O)N(C(=O)CCCCCCCCCCCCCCCCC)[C@@H](CCC(N)=O)C(=O)O.NCCCCC(N)C(=O)O.[NaH]. The van der Waals surface area contributed by atoms with E-state index in [1.165, 1.54) is 141 Å². The van der Waals surface area contributed by atoms with E-state index < -0.39 is 41.7 Å². The van der Waals surface area contributed by atoms with E-state index in [9.17, 15) is 29.1 Å². The average molecular weight is 849 g/mol. The van der Waals surface area contributed by atoms with Crippen molar-refractivity contribution in [2.75, 3.05) is 6.54 Å². The van der Waals surface area contributed by atoms with Crippen LogP contribution in [-0.4, -0.2) is 93.0 Å². The molecule has 0 saturated carbocycles. The summed E-state index contributed by atoms with van der Waals surface area (Å²) in [5, 5.41) is 18.2. The van der Waals surface area contributed by atoms with Crippen LogP contribution in [0.4, 0.5) is 0 Å². The first kappa shape index (κ1) is 61.8. The summed E-state index contributed by atoms with van der Waals surface area (Å²) >= 11 is 0. The van der Waals surface area contributed by atoms with Gasteiger partial charge in [-0.3, -0.25) is 24.1 Å². The number of aliphatic carboxylic acids is 2. The van der Waals surface area contributed by atoms with Gasteiger partial charge in [-0.15, -0.1) is 0 Å². The number of carbonyl (C=O) groups excluding carboxylic acids is 3. The van der Waals surface area contributed by atoms with Gasteiger partial charge in [0.1, 0.15) is 12.1 Å². The molecule has 0 saturated heterocycles. The predicted octanol–water partition coefficient (Wildman–Crippen LogP) is 10.5. The molecule has 0 radical (unpaired) electrons. The van der Waals surface area contributed by atoms with Crippen molar-refractivity contribution in [3.8, 4) is 0 Å². The molecule has 0 aliphatic rings. The number of primary amides is 1. The molecule has 0 spiro atoms. The molecule has 0 aliphatic carbocycles. The van der Waals surface area contributed by atoms with Crippen LogP contribution in [0, 0.1) is 0 Å². The van der Waals surface area contributed by atoms with Crippen molar-refractivity contribution in [2.45, 2.75) is 264 Å². The van der Waals surface area contributed by atoms with E-state index in [1.807, 2.05) is 0 Å². The molecule has 0 aliphatic heterocycles. The van der Waals surface area contributed by atoms with Crippen molar-refractivity contribution in [1.82, 2.24) is 4.90 Å². The molecule has 0 rings (SSSR count). The Balaban J connectivity index is -0.00000250. The van der Waals surface area contributed by atoms with Gasteiger partial charge in [0.2, 0.25) is 17.7 Å². The number of carboxylic acids is 2. The topological polar surface area (TPSA) is 207 Å². The molecular weight excluding hydrogens is 756 g/mol. The summed E-state index contributed by atoms with van der Waals surface area (Å²) in [5.74, 6) is -3.70. The molecule has 0 aromatic heterocycles. The third-order valence-corrected chi connectivity index (χ3v) is 11.1. The number of amides is 3. The summed E-state index contributed by atoms with van der Waals surface area (Å²) < 4.78 is 0. The molecule has 0 bridgehead atoms. The molecule has 344 valence electrons. The average Bonchev–Trinajstić information content (AvgIpc) is 3.19. The number of carbonyl (C=O) groups is 5. The van der Waals surface area contributed by atoms with Crippen molar-refractivity contribution >= 4 is 59.2 Å². The minimum atomic E-state index is -1.34. The summed E-state index contributed by atoms with van der Waals surface area (Å²) in [6.07, 6.45) is 38.8. The van der Waals surface area contributed by atoms with Gasteiger partial charge in [-0.05, 0) is 38.6 Å². The van der Waals surface area contributed by atoms with Gasteiger partial charge in [0.25, 0.3) is 0 Å². The standard InChI is InChI=1S/C41H78N2O5.C6H14N2O2.Na.H/c1-3-5-7-9-11-13-15-17-19-21-23-25-27-29-31-33-39(45)43(37(41(47)48)35-36-38(42)44)40(46)34-32-30-28-26-24-22-20-18-16-14-12-10-8-6-4-2;7-4-2-1-3-5(8)6(9)10;;/h37H,3-36H2,1-2H3,(H2,42,44)(H,47,48);5H,1-4,7-8H2,(H,9,10);;/t37-;;;/m0.../s1. The van der Waals surface area contributed by atoms with Crippen LogP contribution in [-0.2, 0) is 24.0 Å². The fourth-order valence-electron chi connectivity index (χ4n) is 7.30. The molecule has 0 fully saturated rings. The molecule has 8 N–H and O–H groups in total. The summed E-state index contributed by atoms with van der Waals surface area (Å²) in [7, 11) is 0. The molecular formula is C47H93N4NaO7. The summed E-state index contributed by atoms with van der Waals surface area (Å²) in [6.45, 7) is 5.11. The van der Waals surface area contributed by atoms with Crippen LogP contribution in [0.1, 0.15) is 251 Å². The summed E-state index contributed by atoms with van der Waals surface area (Å²) in [4.78, 5) is 60.9. The summed E-state index contributed by atoms with van der Waals surface area (Å²) in [5.41, 5.74) is 15.7. The Morgan fingerprint density at radius 2 is 0.746 bits per heavy atom. The molecule has 2 atom stereocenters. The fourth-order valence-corrected chi connectivity index (χ4v) is 7.30. The van der Waals surface area contributed by atoms with Gasteiger partial charge in [0, 0.05) is 19.3 Å². The number of hydrogen-bond acceptors (Lipinski definition) is 7. The van der Waals surface area contributed by atoms with E-state index in [1.54, 1.807) is 0 Å². The maximum absolute atomic E-state index is 13.2. The van der Waals surface area contributed by atoms with Crippen LogP contribution in [0.5, 0.6) is 0 Å². The van der Waals surface area contributed by atoms with Gasteiger partial charge in [-0.2, -0.15) is 0 Å². The van der Waals surface area contributed by atoms with Gasteiger partial charge in [-0.25, -0.2) is 4.79 Å². The number of unbranched alkanes of at least 4 members (excludes halogenated alkanes) is 29. The molecule has 11 nitrogen and oxygen atoms in total. The van der Waals surface area contributed by atoms with Crippen molar-refractivity contribution in [3.63, 3.8) is 0 Å². The Hall–Kier alpha value is -1.53. The monoisotopic (exact) mass is 849 g/mol. The van der Waals surface area contributed by atoms with E-state index in [0.29, 0.717) is 25.8 Å². The second kappa shape index (κ2) is 47.5. The molecule has 1 unspecified atom stereocenters. The Bertz CT molecular complexity index is 957. The van der Waals surface area contributed by atoms with Gasteiger partial charge in [0.15, 0.2) is 0 Å². The van der Waals surface area contributed by atoms with Crippen LogP contribution in [0.25, 0.3) is 0 Å². The Labute approximate surface area is 383 Å². The molecule has 59 heavy (non-hydrogen) atoms. The van der Waals surface area contributed by atoms with E-state index in [4.69, 9.17) is 22.3 Å². The number of nitrogens with zero attached hydrogens (tertiary/aromatic N) is 1. The van der Waals surface area contributed by atoms with Crippen LogP contribution in [0.15, 0.2) is 0 Å². The zero-order chi connectivity index (χ0) is 43.5. The fraction of sp³-hybridized carbons (Fsp3) is 0.894.